The van der Waals surface area contributed by atoms with Gasteiger partial charge in [0.2, 0.25) is 0 Å². The molecule has 0 unspecified atom stereocenters. The quantitative estimate of drug-likeness (QED) is 0.521. The van der Waals surface area contributed by atoms with E-state index in [2.05, 4.69) is 9.93 Å². The van der Waals surface area contributed by atoms with Crippen molar-refractivity contribution in [1.29, 1.82) is 0 Å². The summed E-state index contributed by atoms with van der Waals surface area (Å²) in [6, 6.07) is 15.3. The Kier molecular flexibility index (Phi) is 10.1. The van der Waals surface area contributed by atoms with Crippen LogP contribution in [0.4, 0.5) is 0 Å². The summed E-state index contributed by atoms with van der Waals surface area (Å²) in [5.41, 5.74) is 1.58. The van der Waals surface area contributed by atoms with Gasteiger partial charge in [0, 0.05) is 18.7 Å². The molecule has 0 radical (unpaired) electrons. The Balaban J connectivity index is 0.00000204. The fourth-order valence-corrected chi connectivity index (χ4v) is 3.34. The zero-order valence-corrected chi connectivity index (χ0v) is 18.7. The van der Waals surface area contributed by atoms with Crippen molar-refractivity contribution in [2.75, 3.05) is 13.1 Å². The molecule has 0 bridgehead atoms. The Morgan fingerprint density at radius 1 is 1.00 bits per heavy atom. The van der Waals surface area contributed by atoms with Crippen LogP contribution in [0.25, 0.3) is 0 Å². The van der Waals surface area contributed by atoms with Crippen LogP contribution >= 0.6 is 0 Å². The smallest absolute Gasteiger partial charge is 0.276 e. The summed E-state index contributed by atoms with van der Waals surface area (Å²) < 4.78 is 25.0. The van der Waals surface area contributed by atoms with Gasteiger partial charge in [-0.3, -0.25) is 4.79 Å². The molecule has 0 fully saturated rings. The SMILES string of the molecule is CC.CCCN(CC)C(=O)/C(=N/NS(=O)(=O)c1ccc(C)cc1)c1ccccc1. The minimum Gasteiger partial charge on any atom is -0.338 e. The van der Waals surface area contributed by atoms with Crippen molar-refractivity contribution in [2.24, 2.45) is 5.10 Å². The highest BCUT2D eigenvalue weighted by Gasteiger charge is 2.21. The Morgan fingerprint density at radius 3 is 2.10 bits per heavy atom. The average Bonchev–Trinajstić information content (AvgIpc) is 2.74. The molecule has 0 saturated carbocycles. The number of amides is 1. The molecule has 7 heteroatoms. The number of aryl methyl sites for hydroxylation is 1. The van der Waals surface area contributed by atoms with Crippen molar-refractivity contribution in [3.63, 3.8) is 0 Å². The number of nitrogens with one attached hydrogen (secondary N) is 1. The van der Waals surface area contributed by atoms with E-state index in [-0.39, 0.29) is 16.5 Å². The first-order valence-electron chi connectivity index (χ1n) is 9.90. The highest BCUT2D eigenvalue weighted by atomic mass is 32.2. The van der Waals surface area contributed by atoms with Crippen molar-refractivity contribution in [3.05, 3.63) is 65.7 Å². The summed E-state index contributed by atoms with van der Waals surface area (Å²) in [6.45, 7) is 10.8. The molecule has 0 aliphatic heterocycles. The van der Waals surface area contributed by atoms with Crippen molar-refractivity contribution in [2.45, 2.75) is 45.9 Å². The first-order chi connectivity index (χ1) is 13.9. The van der Waals surface area contributed by atoms with Crippen LogP contribution in [0.15, 0.2) is 64.6 Å². The summed E-state index contributed by atoms with van der Waals surface area (Å²) in [5, 5.41) is 4.00. The number of sulfonamides is 1. The molecule has 1 amide bonds. The number of likely N-dealkylation sites (N-methyl/N-ethyl adjacent to an activating group) is 1. The lowest BCUT2D eigenvalue weighted by Gasteiger charge is -2.21. The maximum Gasteiger partial charge on any atom is 0.276 e. The summed E-state index contributed by atoms with van der Waals surface area (Å²) in [6.07, 6.45) is 0.802. The van der Waals surface area contributed by atoms with Gasteiger partial charge >= 0.3 is 0 Å². The van der Waals surface area contributed by atoms with E-state index in [1.165, 1.54) is 12.1 Å². The van der Waals surface area contributed by atoms with Crippen LogP contribution in [0.5, 0.6) is 0 Å². The Bertz CT molecular complexity index is 893. The highest BCUT2D eigenvalue weighted by molar-refractivity contribution is 7.89. The van der Waals surface area contributed by atoms with E-state index < -0.39 is 10.0 Å². The Hall–Kier alpha value is -2.67. The first-order valence-corrected chi connectivity index (χ1v) is 11.4. The number of hydrogen-bond acceptors (Lipinski definition) is 4. The number of nitrogens with zero attached hydrogens (tertiary/aromatic N) is 2. The van der Waals surface area contributed by atoms with Gasteiger partial charge in [-0.15, -0.1) is 0 Å². The van der Waals surface area contributed by atoms with E-state index in [9.17, 15) is 13.2 Å². The molecule has 2 aromatic rings. The predicted molar refractivity (Wildman–Crippen MR) is 118 cm³/mol. The van der Waals surface area contributed by atoms with Crippen LogP contribution in [0, 0.1) is 6.92 Å². The lowest BCUT2D eigenvalue weighted by molar-refractivity contribution is -0.123. The lowest BCUT2D eigenvalue weighted by atomic mass is 10.1. The number of rotatable bonds is 8. The minimum absolute atomic E-state index is 0.0709. The van der Waals surface area contributed by atoms with Gasteiger partial charge in [-0.05, 0) is 32.4 Å². The fraction of sp³-hybridized carbons (Fsp3) is 0.364. The number of benzene rings is 2. The van der Waals surface area contributed by atoms with Gasteiger partial charge in [-0.25, -0.2) is 0 Å². The third kappa shape index (κ3) is 7.02. The summed E-state index contributed by atoms with van der Waals surface area (Å²) in [4.78, 5) is 16.9. The molecule has 0 aromatic heterocycles. The maximum absolute atomic E-state index is 12.9. The lowest BCUT2D eigenvalue weighted by Crippen LogP contribution is -2.38. The summed E-state index contributed by atoms with van der Waals surface area (Å²) in [7, 11) is -3.87. The van der Waals surface area contributed by atoms with E-state index >= 15 is 0 Å². The van der Waals surface area contributed by atoms with E-state index in [0.717, 1.165) is 12.0 Å². The number of hydrogen-bond donors (Lipinski definition) is 1. The molecular weight excluding hydrogens is 386 g/mol. The minimum atomic E-state index is -3.87. The molecule has 0 saturated heterocycles. The predicted octanol–water partition coefficient (Wildman–Crippen LogP) is 3.96. The summed E-state index contributed by atoms with van der Waals surface area (Å²) in [5.74, 6) is -0.308. The zero-order chi connectivity index (χ0) is 21.9. The summed E-state index contributed by atoms with van der Waals surface area (Å²) >= 11 is 0. The molecule has 0 aliphatic carbocycles. The van der Waals surface area contributed by atoms with Crippen LogP contribution in [-0.4, -0.2) is 38.0 Å². The van der Waals surface area contributed by atoms with Crippen molar-refractivity contribution >= 4 is 21.6 Å². The molecule has 0 heterocycles. The molecule has 6 nitrogen and oxygen atoms in total. The van der Waals surface area contributed by atoms with Crippen LogP contribution in [-0.2, 0) is 14.8 Å². The molecule has 2 rings (SSSR count). The zero-order valence-electron chi connectivity index (χ0n) is 17.8. The standard InChI is InChI=1S/C20H25N3O3S.C2H6/c1-4-15-23(5-2)20(24)19(17-9-7-6-8-10-17)21-22-27(25,26)18-13-11-16(3)12-14-18;1-2/h6-14,22H,4-5,15H2,1-3H3;1-2H3/b21-19+;. The maximum atomic E-state index is 12.9. The number of carbonyl (C=O) groups is 1. The number of carbonyl (C=O) groups excluding carboxylic acids is 1. The van der Waals surface area contributed by atoms with Gasteiger partial charge in [-0.2, -0.15) is 18.4 Å². The van der Waals surface area contributed by atoms with Gasteiger partial charge in [-0.1, -0.05) is 68.8 Å². The average molecular weight is 418 g/mol. The molecule has 0 atom stereocenters. The second kappa shape index (κ2) is 12.0. The third-order valence-corrected chi connectivity index (χ3v) is 5.25. The topological polar surface area (TPSA) is 78.8 Å². The first kappa shape index (κ1) is 24.4. The van der Waals surface area contributed by atoms with Crippen LogP contribution in [0.3, 0.4) is 0 Å². The van der Waals surface area contributed by atoms with Crippen LogP contribution in [0.2, 0.25) is 0 Å². The van der Waals surface area contributed by atoms with E-state index in [1.54, 1.807) is 41.3 Å². The van der Waals surface area contributed by atoms with Crippen LogP contribution in [0.1, 0.15) is 45.2 Å². The molecule has 2 aromatic carbocycles. The van der Waals surface area contributed by atoms with Gasteiger partial charge in [0.05, 0.1) is 4.90 Å². The van der Waals surface area contributed by atoms with Gasteiger partial charge < -0.3 is 4.90 Å². The van der Waals surface area contributed by atoms with Crippen molar-refractivity contribution < 1.29 is 13.2 Å². The van der Waals surface area contributed by atoms with Gasteiger partial charge in [0.1, 0.15) is 0 Å². The molecule has 158 valence electrons. The molecular formula is C22H31N3O3S. The van der Waals surface area contributed by atoms with Gasteiger partial charge in [0.15, 0.2) is 5.71 Å². The Labute approximate surface area is 174 Å². The Morgan fingerprint density at radius 2 is 1.59 bits per heavy atom. The van der Waals surface area contributed by atoms with E-state index in [1.807, 2.05) is 40.7 Å². The molecule has 29 heavy (non-hydrogen) atoms. The van der Waals surface area contributed by atoms with E-state index in [0.29, 0.717) is 18.7 Å². The highest BCUT2D eigenvalue weighted by Crippen LogP contribution is 2.11. The number of hydrazone groups is 1. The van der Waals surface area contributed by atoms with Crippen molar-refractivity contribution in [3.8, 4) is 0 Å². The molecule has 0 aliphatic rings. The normalized spacial score (nSPS) is 11.3. The second-order valence-corrected chi connectivity index (χ2v) is 7.78. The third-order valence-electron chi connectivity index (χ3n) is 4.02. The molecule has 0 spiro atoms. The molecule has 1 N–H and O–H groups in total. The van der Waals surface area contributed by atoms with Crippen LogP contribution < -0.4 is 4.83 Å². The second-order valence-electron chi connectivity index (χ2n) is 6.12. The van der Waals surface area contributed by atoms with Gasteiger partial charge in [0.25, 0.3) is 15.9 Å². The monoisotopic (exact) mass is 417 g/mol. The van der Waals surface area contributed by atoms with E-state index in [4.69, 9.17) is 0 Å². The largest absolute Gasteiger partial charge is 0.338 e. The fourth-order valence-electron chi connectivity index (χ4n) is 2.53. The van der Waals surface area contributed by atoms with Crippen molar-refractivity contribution in [1.82, 2.24) is 9.73 Å².